The van der Waals surface area contributed by atoms with Crippen LogP contribution in [0.3, 0.4) is 0 Å². The van der Waals surface area contributed by atoms with E-state index in [2.05, 4.69) is 15.3 Å². The highest BCUT2D eigenvalue weighted by Gasteiger charge is 2.60. The number of alkyl halides is 3. The van der Waals surface area contributed by atoms with Gasteiger partial charge in [-0.05, 0) is 67.3 Å². The minimum absolute atomic E-state index is 0.0245. The topological polar surface area (TPSA) is 137 Å². The van der Waals surface area contributed by atoms with Gasteiger partial charge in [-0.1, -0.05) is 6.07 Å². The summed E-state index contributed by atoms with van der Waals surface area (Å²) >= 11 is 0. The van der Waals surface area contributed by atoms with Crippen molar-refractivity contribution in [2.75, 3.05) is 20.3 Å². The lowest BCUT2D eigenvalue weighted by Gasteiger charge is -2.32. The Morgan fingerprint density at radius 2 is 1.89 bits per heavy atom. The molecule has 1 saturated carbocycles. The predicted molar refractivity (Wildman–Crippen MR) is 149 cm³/mol. The zero-order chi connectivity index (χ0) is 31.4. The van der Waals surface area contributed by atoms with Crippen molar-refractivity contribution in [3.63, 3.8) is 0 Å². The van der Waals surface area contributed by atoms with Gasteiger partial charge in [0.2, 0.25) is 11.5 Å². The van der Waals surface area contributed by atoms with Crippen LogP contribution in [-0.2, 0) is 15.8 Å². The molecule has 0 spiro atoms. The quantitative estimate of drug-likeness (QED) is 0.255. The molecule has 228 valence electrons. The third-order valence-corrected chi connectivity index (χ3v) is 8.28. The van der Waals surface area contributed by atoms with E-state index >= 15 is 0 Å². The van der Waals surface area contributed by atoms with Gasteiger partial charge in [0.1, 0.15) is 40.5 Å². The summed E-state index contributed by atoms with van der Waals surface area (Å²) < 4.78 is 69.3. The minimum Gasteiger partial charge on any atom is -0.494 e. The van der Waals surface area contributed by atoms with E-state index < -0.39 is 47.1 Å². The molecule has 3 heterocycles. The highest BCUT2D eigenvalue weighted by molar-refractivity contribution is 6.00. The second-order valence-electron chi connectivity index (χ2n) is 10.9. The summed E-state index contributed by atoms with van der Waals surface area (Å²) in [5, 5.41) is 14.0. The molecule has 2 aliphatic rings. The number of hydrogen-bond donors (Lipinski definition) is 3. The number of fused-ring (bicyclic) bond motifs is 2. The van der Waals surface area contributed by atoms with Crippen LogP contribution in [0.1, 0.15) is 34.5 Å². The Balaban J connectivity index is 1.45. The van der Waals surface area contributed by atoms with Gasteiger partial charge in [0.15, 0.2) is 0 Å². The maximum Gasteiger partial charge on any atom is 0.424 e. The van der Waals surface area contributed by atoms with Gasteiger partial charge in [0, 0.05) is 28.3 Å². The van der Waals surface area contributed by atoms with Crippen LogP contribution >= 0.6 is 0 Å². The van der Waals surface area contributed by atoms with Crippen LogP contribution in [0.25, 0.3) is 22.2 Å². The lowest BCUT2D eigenvalue weighted by atomic mass is 9.76. The van der Waals surface area contributed by atoms with E-state index in [0.29, 0.717) is 23.7 Å². The summed E-state index contributed by atoms with van der Waals surface area (Å²) in [5.41, 5.74) is 0.285. The third-order valence-electron chi connectivity index (χ3n) is 8.28. The van der Waals surface area contributed by atoms with Crippen molar-refractivity contribution in [2.24, 2.45) is 11.7 Å². The van der Waals surface area contributed by atoms with E-state index in [0.717, 1.165) is 18.2 Å². The monoisotopic (exact) mass is 610 g/mol. The number of benzene rings is 2. The molecule has 2 atom stereocenters. The Labute approximate surface area is 248 Å². The van der Waals surface area contributed by atoms with Crippen molar-refractivity contribution < 1.29 is 41.7 Å². The SMILES string of the molecule is COc1cc(C(=O)NCC(O)(c2cc3c(c(-c4ccc(F)cc4)n2)OC[C@]3(C(N)=O)C2CC2)C(F)(F)F)cc2cccnc12. The molecule has 44 heavy (non-hydrogen) atoms. The number of nitrogens with two attached hydrogens (primary N) is 1. The Morgan fingerprint density at radius 1 is 1.16 bits per heavy atom. The average molecular weight is 611 g/mol. The number of ether oxygens (including phenoxy) is 2. The van der Waals surface area contributed by atoms with Gasteiger partial charge in [0.05, 0.1) is 19.3 Å². The van der Waals surface area contributed by atoms with Crippen LogP contribution in [0.15, 0.2) is 60.8 Å². The number of aromatic nitrogens is 2. The van der Waals surface area contributed by atoms with Crippen molar-refractivity contribution in [1.82, 2.24) is 15.3 Å². The van der Waals surface area contributed by atoms with Gasteiger partial charge in [0.25, 0.3) is 5.91 Å². The third kappa shape index (κ3) is 4.67. The smallest absolute Gasteiger partial charge is 0.424 e. The Kier molecular flexibility index (Phi) is 6.95. The molecule has 0 radical (unpaired) electrons. The van der Waals surface area contributed by atoms with Crippen LogP contribution in [0, 0.1) is 11.7 Å². The molecule has 13 heteroatoms. The number of amides is 2. The fraction of sp³-hybridized carbons (Fsp3) is 0.290. The van der Waals surface area contributed by atoms with Gasteiger partial charge in [-0.3, -0.25) is 14.6 Å². The first-order valence-electron chi connectivity index (χ1n) is 13.6. The largest absolute Gasteiger partial charge is 0.494 e. The fourth-order valence-corrected chi connectivity index (χ4v) is 5.70. The summed E-state index contributed by atoms with van der Waals surface area (Å²) in [7, 11) is 1.36. The molecule has 4 N–H and O–H groups in total. The van der Waals surface area contributed by atoms with E-state index in [1.54, 1.807) is 12.1 Å². The summed E-state index contributed by atoms with van der Waals surface area (Å²) in [6.07, 6.45) is -2.63. The number of methoxy groups -OCH3 is 1. The van der Waals surface area contributed by atoms with E-state index in [1.807, 2.05) is 0 Å². The summed E-state index contributed by atoms with van der Waals surface area (Å²) in [6, 6.07) is 11.8. The maximum atomic E-state index is 14.8. The highest BCUT2D eigenvalue weighted by Crippen LogP contribution is 2.56. The number of carbonyl (C=O) groups excluding carboxylic acids is 2. The van der Waals surface area contributed by atoms with Crippen LogP contribution in [-0.4, -0.2) is 53.3 Å². The van der Waals surface area contributed by atoms with Crippen molar-refractivity contribution in [3.05, 3.63) is 83.4 Å². The van der Waals surface area contributed by atoms with Gasteiger partial charge < -0.3 is 25.6 Å². The number of nitrogens with zero attached hydrogens (tertiary/aromatic N) is 2. The fourth-order valence-electron chi connectivity index (χ4n) is 5.70. The van der Waals surface area contributed by atoms with Crippen LogP contribution < -0.4 is 20.5 Å². The highest BCUT2D eigenvalue weighted by atomic mass is 19.4. The van der Waals surface area contributed by atoms with E-state index in [1.165, 1.54) is 37.6 Å². The molecular weight excluding hydrogens is 584 g/mol. The maximum absolute atomic E-state index is 14.8. The molecule has 2 amide bonds. The molecule has 6 rings (SSSR count). The molecular formula is C31H26F4N4O5. The number of rotatable bonds is 8. The van der Waals surface area contributed by atoms with Crippen LogP contribution in [0.4, 0.5) is 17.6 Å². The molecule has 9 nitrogen and oxygen atoms in total. The van der Waals surface area contributed by atoms with Gasteiger partial charge in [-0.25, -0.2) is 9.37 Å². The number of carbonyl (C=O) groups is 2. The van der Waals surface area contributed by atoms with E-state index in [-0.39, 0.29) is 46.4 Å². The van der Waals surface area contributed by atoms with Gasteiger partial charge in [-0.15, -0.1) is 0 Å². The summed E-state index contributed by atoms with van der Waals surface area (Å²) in [4.78, 5) is 34.4. The number of nitrogens with one attached hydrogen (secondary N) is 1. The number of primary amides is 1. The first kappa shape index (κ1) is 29.3. The van der Waals surface area contributed by atoms with Gasteiger partial charge in [-0.2, -0.15) is 13.2 Å². The lowest BCUT2D eigenvalue weighted by Crippen LogP contribution is -2.52. The molecule has 0 saturated heterocycles. The van der Waals surface area contributed by atoms with E-state index in [9.17, 15) is 32.3 Å². The minimum atomic E-state index is -5.35. The Morgan fingerprint density at radius 3 is 2.52 bits per heavy atom. The second kappa shape index (κ2) is 10.4. The number of aliphatic hydroxyl groups is 1. The zero-order valence-electron chi connectivity index (χ0n) is 23.2. The van der Waals surface area contributed by atoms with Crippen molar-refractivity contribution >= 4 is 22.7 Å². The molecule has 4 aromatic rings. The number of halogens is 4. The van der Waals surface area contributed by atoms with Crippen LogP contribution in [0.2, 0.25) is 0 Å². The summed E-state index contributed by atoms with van der Waals surface area (Å²) in [6.45, 7) is -1.55. The Bertz CT molecular complexity index is 1790. The van der Waals surface area contributed by atoms with Crippen molar-refractivity contribution in [3.8, 4) is 22.8 Å². The molecule has 1 aliphatic heterocycles. The Hall–Kier alpha value is -4.78. The normalized spacial score (nSPS) is 19.1. The molecule has 0 bridgehead atoms. The summed E-state index contributed by atoms with van der Waals surface area (Å²) in [5.74, 6) is -2.34. The van der Waals surface area contributed by atoms with Gasteiger partial charge >= 0.3 is 6.18 Å². The predicted octanol–water partition coefficient (Wildman–Crippen LogP) is 4.15. The van der Waals surface area contributed by atoms with Crippen molar-refractivity contribution in [1.29, 1.82) is 0 Å². The first-order chi connectivity index (χ1) is 20.9. The first-order valence-corrected chi connectivity index (χ1v) is 13.6. The lowest BCUT2D eigenvalue weighted by molar-refractivity contribution is -0.265. The number of pyridine rings is 2. The van der Waals surface area contributed by atoms with Crippen molar-refractivity contribution in [2.45, 2.75) is 30.0 Å². The van der Waals surface area contributed by atoms with Crippen LogP contribution in [0.5, 0.6) is 11.5 Å². The molecule has 2 aromatic heterocycles. The average Bonchev–Trinajstić information content (AvgIpc) is 3.78. The molecule has 1 aliphatic carbocycles. The standard InChI is InChI=1S/C31H26F4N4O5/c1-43-22-12-18(11-17-3-2-10-37-24(17)22)27(40)38-14-30(42,31(33,34)35)23-13-21-26(25(39-23)16-4-8-20(32)9-5-16)44-15-29(21,28(36)41)19-6-7-19/h2-5,8-13,19,42H,6-7,14-15H2,1H3,(H2,36,41)(H,38,40)/t29-,30?/m0/s1. The zero-order valence-corrected chi connectivity index (χ0v) is 23.2. The second-order valence-corrected chi connectivity index (χ2v) is 10.9. The molecule has 2 aromatic carbocycles. The van der Waals surface area contributed by atoms with E-state index in [4.69, 9.17) is 15.2 Å². The number of hydrogen-bond acceptors (Lipinski definition) is 7. The molecule has 1 fully saturated rings. The molecule has 1 unspecified atom stereocenters.